The lowest BCUT2D eigenvalue weighted by molar-refractivity contribution is -0.244. The molecule has 1 aliphatic heterocycles. The molecular formula is C26H28F3N5O2. The predicted molar refractivity (Wildman–Crippen MR) is 125 cm³/mol. The number of pyridine rings is 1. The lowest BCUT2D eigenvalue weighted by Gasteiger charge is -2.39. The van der Waals surface area contributed by atoms with Crippen LogP contribution in [0.5, 0.6) is 5.88 Å². The Morgan fingerprint density at radius 2 is 1.78 bits per heavy atom. The van der Waals surface area contributed by atoms with Crippen LogP contribution < -0.4 is 4.74 Å². The molecule has 4 heterocycles. The number of nitrogens with zero attached hydrogens (tertiary/aromatic N) is 5. The van der Waals surface area contributed by atoms with Gasteiger partial charge in [0.2, 0.25) is 5.88 Å². The number of alkyl halides is 3. The van der Waals surface area contributed by atoms with Crippen molar-refractivity contribution in [2.75, 3.05) is 13.7 Å². The molecule has 0 amide bonds. The number of hydrogen-bond donors (Lipinski definition) is 0. The molecule has 190 valence electrons. The quantitative estimate of drug-likeness (QED) is 0.467. The summed E-state index contributed by atoms with van der Waals surface area (Å²) in [6.45, 7) is 4.23. The number of methoxy groups -OCH3 is 1. The van der Waals surface area contributed by atoms with Gasteiger partial charge in [-0.15, -0.1) is 0 Å². The number of halogens is 3. The molecule has 3 saturated carbocycles. The second-order valence-corrected chi connectivity index (χ2v) is 10.5. The van der Waals surface area contributed by atoms with Gasteiger partial charge in [-0.25, -0.2) is 24.9 Å². The normalized spacial score (nSPS) is 29.8. The zero-order chi connectivity index (χ0) is 25.2. The van der Waals surface area contributed by atoms with E-state index >= 15 is 0 Å². The summed E-state index contributed by atoms with van der Waals surface area (Å²) < 4.78 is 52.8. The van der Waals surface area contributed by atoms with Gasteiger partial charge in [0, 0.05) is 24.5 Å². The van der Waals surface area contributed by atoms with Crippen LogP contribution in [0.4, 0.5) is 13.2 Å². The third kappa shape index (κ3) is 3.72. The minimum absolute atomic E-state index is 0.0312. The van der Waals surface area contributed by atoms with E-state index in [4.69, 9.17) is 24.4 Å². The van der Waals surface area contributed by atoms with E-state index in [-0.39, 0.29) is 43.1 Å². The molecule has 3 aromatic heterocycles. The summed E-state index contributed by atoms with van der Waals surface area (Å²) in [6.07, 6.45) is -2.72. The summed E-state index contributed by atoms with van der Waals surface area (Å²) in [5.41, 5.74) is 2.31. The van der Waals surface area contributed by atoms with Crippen LogP contribution in [0.1, 0.15) is 78.6 Å². The number of aromatic nitrogens is 5. The fourth-order valence-electron chi connectivity index (χ4n) is 6.20. The van der Waals surface area contributed by atoms with E-state index in [0.29, 0.717) is 48.0 Å². The summed E-state index contributed by atoms with van der Waals surface area (Å²) in [5, 5.41) is 0. The van der Waals surface area contributed by atoms with Gasteiger partial charge in [-0.05, 0) is 57.9 Å². The number of rotatable bonds is 4. The van der Waals surface area contributed by atoms with Crippen molar-refractivity contribution in [2.24, 2.45) is 11.3 Å². The van der Waals surface area contributed by atoms with Gasteiger partial charge in [-0.1, -0.05) is 6.07 Å². The molecule has 7 nitrogen and oxygen atoms in total. The zero-order valence-corrected chi connectivity index (χ0v) is 20.5. The van der Waals surface area contributed by atoms with Crippen LogP contribution in [-0.2, 0) is 4.74 Å². The average molecular weight is 500 g/mol. The first kappa shape index (κ1) is 23.5. The maximum atomic E-state index is 13.8. The molecule has 7 rings (SSSR count). The largest absolute Gasteiger partial charge is 0.481 e. The van der Waals surface area contributed by atoms with Gasteiger partial charge in [0.1, 0.15) is 17.4 Å². The van der Waals surface area contributed by atoms with Crippen LogP contribution in [-0.4, -0.2) is 44.8 Å². The summed E-state index contributed by atoms with van der Waals surface area (Å²) in [4.78, 5) is 23.6. The lowest BCUT2D eigenvalue weighted by Crippen LogP contribution is -2.42. The van der Waals surface area contributed by atoms with Crippen molar-refractivity contribution in [1.29, 1.82) is 0 Å². The van der Waals surface area contributed by atoms with Gasteiger partial charge in [0.05, 0.1) is 35.3 Å². The highest BCUT2D eigenvalue weighted by molar-refractivity contribution is 5.74. The Morgan fingerprint density at radius 1 is 1.00 bits per heavy atom. The molecule has 0 aromatic carbocycles. The van der Waals surface area contributed by atoms with Crippen LogP contribution in [0.15, 0.2) is 18.2 Å². The Kier molecular flexibility index (Phi) is 5.44. The van der Waals surface area contributed by atoms with Crippen molar-refractivity contribution >= 4 is 11.2 Å². The Bertz CT molecular complexity index is 1320. The molecule has 1 saturated heterocycles. The van der Waals surface area contributed by atoms with Crippen LogP contribution >= 0.6 is 0 Å². The molecule has 3 aromatic rings. The van der Waals surface area contributed by atoms with Crippen molar-refractivity contribution < 1.29 is 22.6 Å². The minimum atomic E-state index is -4.19. The fraction of sp³-hybridized carbons (Fsp3) is 0.577. The zero-order valence-electron chi connectivity index (χ0n) is 20.5. The maximum absolute atomic E-state index is 13.8. The highest BCUT2D eigenvalue weighted by Gasteiger charge is 2.69. The molecule has 0 radical (unpaired) electrons. The fourth-order valence-corrected chi connectivity index (χ4v) is 6.20. The van der Waals surface area contributed by atoms with Crippen LogP contribution in [0.2, 0.25) is 0 Å². The highest BCUT2D eigenvalue weighted by atomic mass is 19.4. The van der Waals surface area contributed by atoms with Gasteiger partial charge in [0.15, 0.2) is 5.65 Å². The first-order chi connectivity index (χ1) is 17.2. The summed E-state index contributed by atoms with van der Waals surface area (Å²) in [6, 6.07) is 5.57. The molecule has 4 aliphatic rings. The van der Waals surface area contributed by atoms with Crippen molar-refractivity contribution in [1.82, 2.24) is 24.9 Å². The molecule has 0 N–H and O–H groups in total. The van der Waals surface area contributed by atoms with Crippen LogP contribution in [0, 0.1) is 25.2 Å². The van der Waals surface area contributed by atoms with Crippen molar-refractivity contribution in [2.45, 2.75) is 70.1 Å². The van der Waals surface area contributed by atoms with Gasteiger partial charge < -0.3 is 9.47 Å². The predicted octanol–water partition coefficient (Wildman–Crippen LogP) is 5.52. The first-order valence-electron chi connectivity index (χ1n) is 12.4. The van der Waals surface area contributed by atoms with E-state index in [9.17, 15) is 13.2 Å². The Labute approximate surface area is 206 Å². The SMILES string of the molecule is COc1cccc([C@@H]2C[C@H](c3nc(C4CC5(C(F)(F)F)CC4C5)c4nc(C)c(C)nc4n3)CCO2)n1. The average Bonchev–Trinajstić information content (AvgIpc) is 3.42. The Hall–Kier alpha value is -2.88. The van der Waals surface area contributed by atoms with Gasteiger partial charge >= 0.3 is 6.18 Å². The number of hydrogen-bond acceptors (Lipinski definition) is 7. The second kappa shape index (κ2) is 8.33. The van der Waals surface area contributed by atoms with E-state index in [2.05, 4.69) is 9.97 Å². The highest BCUT2D eigenvalue weighted by Crippen LogP contribution is 2.70. The molecule has 2 bridgehead atoms. The van der Waals surface area contributed by atoms with Crippen LogP contribution in [0.25, 0.3) is 11.2 Å². The van der Waals surface area contributed by atoms with Crippen LogP contribution in [0.3, 0.4) is 0 Å². The molecule has 36 heavy (non-hydrogen) atoms. The third-order valence-corrected chi connectivity index (χ3v) is 8.36. The summed E-state index contributed by atoms with van der Waals surface area (Å²) in [7, 11) is 1.57. The van der Waals surface area contributed by atoms with Crippen molar-refractivity contribution in [3.05, 3.63) is 46.8 Å². The van der Waals surface area contributed by atoms with Crippen molar-refractivity contribution in [3.8, 4) is 5.88 Å². The Morgan fingerprint density at radius 3 is 2.50 bits per heavy atom. The minimum Gasteiger partial charge on any atom is -0.481 e. The lowest BCUT2D eigenvalue weighted by atomic mass is 9.68. The number of aryl methyl sites for hydroxylation is 2. The molecule has 10 heteroatoms. The molecule has 1 unspecified atom stereocenters. The Balaban J connectivity index is 1.38. The van der Waals surface area contributed by atoms with E-state index in [1.165, 1.54) is 0 Å². The summed E-state index contributed by atoms with van der Waals surface area (Å²) >= 11 is 0. The topological polar surface area (TPSA) is 82.9 Å². The van der Waals surface area contributed by atoms with Crippen molar-refractivity contribution in [3.63, 3.8) is 0 Å². The maximum Gasteiger partial charge on any atom is 0.394 e. The molecule has 3 atom stereocenters. The molecular weight excluding hydrogens is 471 g/mol. The van der Waals surface area contributed by atoms with Gasteiger partial charge in [-0.2, -0.15) is 13.2 Å². The van der Waals surface area contributed by atoms with Gasteiger partial charge in [-0.3, -0.25) is 0 Å². The first-order valence-corrected chi connectivity index (χ1v) is 12.4. The monoisotopic (exact) mass is 499 g/mol. The molecule has 0 spiro atoms. The second-order valence-electron chi connectivity index (χ2n) is 10.5. The molecule has 4 fully saturated rings. The van der Waals surface area contributed by atoms with E-state index in [1.54, 1.807) is 13.2 Å². The third-order valence-electron chi connectivity index (χ3n) is 8.36. The number of fused-ring (bicyclic) bond motifs is 2. The van der Waals surface area contributed by atoms with E-state index in [0.717, 1.165) is 17.1 Å². The summed E-state index contributed by atoms with van der Waals surface area (Å²) in [5.74, 6) is 0.766. The smallest absolute Gasteiger partial charge is 0.394 e. The van der Waals surface area contributed by atoms with E-state index < -0.39 is 11.6 Å². The number of ether oxygens (including phenoxy) is 2. The molecule has 3 aliphatic carbocycles. The van der Waals surface area contributed by atoms with E-state index in [1.807, 2.05) is 26.0 Å². The van der Waals surface area contributed by atoms with Gasteiger partial charge in [0.25, 0.3) is 0 Å². The standard InChI is InChI=1S/C26H28F3N5O2/c1-13-14(2)31-24-22(30-13)21(17-12-25(26(27,28)29)10-16(17)11-25)33-23(34-24)15-7-8-36-19(9-15)18-5-4-6-20(32-18)35-3/h4-6,15-17,19H,7-12H2,1-3H3/t15-,16?,17?,19+,25?/m1/s1.